The number of nitrogens with two attached hydrogens (primary N) is 1. The molecule has 1 aliphatic rings. The van der Waals surface area contributed by atoms with Crippen molar-refractivity contribution in [1.82, 2.24) is 10.2 Å². The molecule has 1 aliphatic heterocycles. The quantitative estimate of drug-likeness (QED) is 0.873. The van der Waals surface area contributed by atoms with E-state index in [1.54, 1.807) is 11.3 Å². The second kappa shape index (κ2) is 5.54. The lowest BCUT2D eigenvalue weighted by Gasteiger charge is -2.22. The summed E-state index contributed by atoms with van der Waals surface area (Å²) in [6.07, 6.45) is 1.84. The first-order valence-electron chi connectivity index (χ1n) is 6.55. The lowest BCUT2D eigenvalue weighted by molar-refractivity contribution is 0.379. The smallest absolute Gasteiger partial charge is 0.244 e. The van der Waals surface area contributed by atoms with Gasteiger partial charge >= 0.3 is 0 Å². The number of halogens is 1. The minimum Gasteiger partial charge on any atom is -0.420 e. The maximum absolute atomic E-state index is 9.48. The van der Waals surface area contributed by atoms with Crippen LogP contribution >= 0.6 is 27.3 Å². The van der Waals surface area contributed by atoms with Gasteiger partial charge in [-0.1, -0.05) is 13.3 Å². The third kappa shape index (κ3) is 2.34. The molecule has 7 heteroatoms. The van der Waals surface area contributed by atoms with Gasteiger partial charge in [-0.2, -0.15) is 5.26 Å². The van der Waals surface area contributed by atoms with Crippen LogP contribution in [0.2, 0.25) is 0 Å². The van der Waals surface area contributed by atoms with E-state index >= 15 is 0 Å². The van der Waals surface area contributed by atoms with Crippen molar-refractivity contribution >= 4 is 27.3 Å². The van der Waals surface area contributed by atoms with Crippen molar-refractivity contribution in [1.29, 1.82) is 5.26 Å². The van der Waals surface area contributed by atoms with E-state index in [0.717, 1.165) is 32.8 Å². The number of thiophene rings is 1. The Balaban J connectivity index is 2.19. The minimum atomic E-state index is -0.213. The van der Waals surface area contributed by atoms with Crippen molar-refractivity contribution in [3.8, 4) is 11.9 Å². The molecule has 3 rings (SSSR count). The first-order chi connectivity index (χ1) is 10.2. The van der Waals surface area contributed by atoms with Gasteiger partial charge in [0.1, 0.15) is 11.6 Å². The molecule has 2 aromatic rings. The number of allylic oxidation sites excluding steroid dienone is 1. The van der Waals surface area contributed by atoms with Gasteiger partial charge in [-0.25, -0.2) is 0 Å². The zero-order valence-electron chi connectivity index (χ0n) is 11.3. The number of H-pyrrole nitrogens is 1. The van der Waals surface area contributed by atoms with Crippen LogP contribution in [-0.2, 0) is 6.42 Å². The molecule has 108 valence electrons. The standard InChI is InChI=1S/C14H13BrN4OS/c1-2-3-8-12-11(9-4-5-10(15)21-9)7(6-16)13(17)20-14(12)19-18-8/h4-5,11H,2-3,17H2,1H3,(H,18,19). The van der Waals surface area contributed by atoms with E-state index in [-0.39, 0.29) is 11.8 Å². The summed E-state index contributed by atoms with van der Waals surface area (Å²) in [6.45, 7) is 2.10. The highest BCUT2D eigenvalue weighted by Crippen LogP contribution is 2.45. The molecule has 1 unspecified atom stereocenters. The van der Waals surface area contributed by atoms with Crippen LogP contribution in [-0.4, -0.2) is 10.2 Å². The van der Waals surface area contributed by atoms with E-state index in [2.05, 4.69) is 39.1 Å². The van der Waals surface area contributed by atoms with Gasteiger partial charge in [0.05, 0.1) is 15.3 Å². The van der Waals surface area contributed by atoms with Gasteiger partial charge < -0.3 is 10.5 Å². The van der Waals surface area contributed by atoms with Crippen molar-refractivity contribution in [2.45, 2.75) is 25.7 Å². The fourth-order valence-corrected chi connectivity index (χ4v) is 4.06. The summed E-state index contributed by atoms with van der Waals surface area (Å²) in [5.74, 6) is 0.397. The largest absolute Gasteiger partial charge is 0.420 e. The Hall–Kier alpha value is -1.78. The number of fused-ring (bicyclic) bond motifs is 1. The van der Waals surface area contributed by atoms with Crippen LogP contribution in [0.5, 0.6) is 5.88 Å². The van der Waals surface area contributed by atoms with Crippen molar-refractivity contribution in [3.05, 3.63) is 43.5 Å². The molecule has 0 radical (unpaired) electrons. The van der Waals surface area contributed by atoms with Crippen molar-refractivity contribution in [2.75, 3.05) is 0 Å². The summed E-state index contributed by atoms with van der Waals surface area (Å²) < 4.78 is 6.52. The van der Waals surface area contributed by atoms with Gasteiger partial charge in [0.25, 0.3) is 0 Å². The second-order valence-electron chi connectivity index (χ2n) is 4.74. The Morgan fingerprint density at radius 2 is 2.38 bits per heavy atom. The molecule has 5 nitrogen and oxygen atoms in total. The number of nitrogens with zero attached hydrogens (tertiary/aromatic N) is 2. The molecule has 3 heterocycles. The third-order valence-corrected chi connectivity index (χ3v) is 5.08. The Bertz CT molecular complexity index is 755. The van der Waals surface area contributed by atoms with E-state index < -0.39 is 0 Å². The molecule has 0 saturated heterocycles. The highest BCUT2D eigenvalue weighted by Gasteiger charge is 2.35. The lowest BCUT2D eigenvalue weighted by atomic mass is 9.88. The normalized spacial score (nSPS) is 17.3. The van der Waals surface area contributed by atoms with E-state index in [0.29, 0.717) is 11.5 Å². The van der Waals surface area contributed by atoms with Gasteiger partial charge in [0, 0.05) is 10.6 Å². The maximum atomic E-state index is 9.48. The number of aryl methyl sites for hydroxylation is 1. The second-order valence-corrected chi connectivity index (χ2v) is 7.23. The maximum Gasteiger partial charge on any atom is 0.244 e. The van der Waals surface area contributed by atoms with E-state index in [9.17, 15) is 5.26 Å². The number of ether oxygens (including phenoxy) is 1. The minimum absolute atomic E-state index is 0.133. The summed E-state index contributed by atoms with van der Waals surface area (Å²) >= 11 is 5.06. The topological polar surface area (TPSA) is 87.7 Å². The molecule has 0 saturated carbocycles. The molecule has 3 N–H and O–H groups in total. The zero-order chi connectivity index (χ0) is 15.0. The summed E-state index contributed by atoms with van der Waals surface area (Å²) in [5, 5.41) is 16.7. The molecular formula is C14H13BrN4OS. The molecule has 21 heavy (non-hydrogen) atoms. The van der Waals surface area contributed by atoms with E-state index in [1.807, 2.05) is 12.1 Å². The van der Waals surface area contributed by atoms with Crippen LogP contribution in [0.1, 0.15) is 35.4 Å². The van der Waals surface area contributed by atoms with Crippen LogP contribution in [0.15, 0.2) is 27.4 Å². The molecule has 2 aromatic heterocycles. The summed E-state index contributed by atoms with van der Waals surface area (Å²) in [6, 6.07) is 6.16. The van der Waals surface area contributed by atoms with Crippen LogP contribution in [0.25, 0.3) is 0 Å². The van der Waals surface area contributed by atoms with Gasteiger partial charge in [-0.15, -0.1) is 16.4 Å². The molecule has 0 fully saturated rings. The van der Waals surface area contributed by atoms with E-state index in [1.165, 1.54) is 0 Å². The Morgan fingerprint density at radius 1 is 1.57 bits per heavy atom. The number of aromatic nitrogens is 2. The number of nitriles is 1. The lowest BCUT2D eigenvalue weighted by Crippen LogP contribution is -2.20. The predicted molar refractivity (Wildman–Crippen MR) is 83.9 cm³/mol. The number of rotatable bonds is 3. The SMILES string of the molecule is CCCc1[nH]nc2c1C(c1ccc(Br)s1)C(C#N)=C(N)O2. The number of aromatic amines is 1. The monoisotopic (exact) mass is 364 g/mol. The summed E-state index contributed by atoms with van der Waals surface area (Å²) in [7, 11) is 0. The number of hydrogen-bond acceptors (Lipinski definition) is 5. The first kappa shape index (κ1) is 14.2. The first-order valence-corrected chi connectivity index (χ1v) is 8.16. The highest BCUT2D eigenvalue weighted by atomic mass is 79.9. The molecular weight excluding hydrogens is 352 g/mol. The van der Waals surface area contributed by atoms with Gasteiger partial charge in [-0.3, -0.25) is 5.10 Å². The Labute approximate surface area is 134 Å². The third-order valence-electron chi connectivity index (χ3n) is 3.40. The number of hydrogen-bond donors (Lipinski definition) is 2. The van der Waals surface area contributed by atoms with Gasteiger partial charge in [0.15, 0.2) is 0 Å². The summed E-state index contributed by atoms with van der Waals surface area (Å²) in [4.78, 5) is 1.05. The van der Waals surface area contributed by atoms with Crippen LogP contribution in [0.4, 0.5) is 0 Å². The van der Waals surface area contributed by atoms with E-state index in [4.69, 9.17) is 10.5 Å². The van der Waals surface area contributed by atoms with Crippen molar-refractivity contribution < 1.29 is 4.74 Å². The molecule has 0 aromatic carbocycles. The molecule has 1 atom stereocenters. The fraction of sp³-hybridized carbons (Fsp3) is 0.286. The Kier molecular flexibility index (Phi) is 3.74. The van der Waals surface area contributed by atoms with Crippen LogP contribution < -0.4 is 10.5 Å². The van der Waals surface area contributed by atoms with Crippen LogP contribution in [0, 0.1) is 11.3 Å². The number of nitrogens with one attached hydrogen (secondary N) is 1. The van der Waals surface area contributed by atoms with Crippen LogP contribution in [0.3, 0.4) is 0 Å². The fourth-order valence-electron chi connectivity index (χ4n) is 2.52. The Morgan fingerprint density at radius 3 is 3.00 bits per heavy atom. The average molecular weight is 365 g/mol. The molecule has 0 amide bonds. The average Bonchev–Trinajstić information content (AvgIpc) is 3.05. The molecule has 0 spiro atoms. The molecule has 0 bridgehead atoms. The molecule has 0 aliphatic carbocycles. The van der Waals surface area contributed by atoms with Gasteiger partial charge in [0.2, 0.25) is 11.8 Å². The van der Waals surface area contributed by atoms with Crippen molar-refractivity contribution in [3.63, 3.8) is 0 Å². The summed E-state index contributed by atoms with van der Waals surface area (Å²) in [5.41, 5.74) is 8.27. The van der Waals surface area contributed by atoms with Crippen molar-refractivity contribution in [2.24, 2.45) is 5.73 Å². The zero-order valence-corrected chi connectivity index (χ0v) is 13.7. The highest BCUT2D eigenvalue weighted by molar-refractivity contribution is 9.11. The van der Waals surface area contributed by atoms with Gasteiger partial charge in [-0.05, 0) is 34.5 Å². The predicted octanol–water partition coefficient (Wildman–Crippen LogP) is 3.40.